The van der Waals surface area contributed by atoms with Crippen molar-refractivity contribution in [2.45, 2.75) is 13.0 Å². The molecule has 19 heavy (non-hydrogen) atoms. The van der Waals surface area contributed by atoms with Gasteiger partial charge in [0.25, 0.3) is 0 Å². The van der Waals surface area contributed by atoms with Crippen molar-refractivity contribution in [2.24, 2.45) is 5.73 Å². The second-order valence-electron chi connectivity index (χ2n) is 4.51. The normalized spacial score (nSPS) is 12.2. The topological polar surface area (TPSA) is 51.6 Å². The van der Waals surface area contributed by atoms with E-state index in [2.05, 4.69) is 4.90 Å². The van der Waals surface area contributed by atoms with Gasteiger partial charge in [-0.15, -0.1) is 0 Å². The third-order valence-corrected chi connectivity index (χ3v) is 3.26. The average Bonchev–Trinajstić information content (AvgIpc) is 2.86. The van der Waals surface area contributed by atoms with Crippen LogP contribution in [0.4, 0.5) is 5.69 Å². The van der Waals surface area contributed by atoms with Crippen LogP contribution >= 0.6 is 0 Å². The van der Waals surface area contributed by atoms with Crippen LogP contribution in [-0.4, -0.2) is 20.7 Å². The van der Waals surface area contributed by atoms with E-state index in [4.69, 9.17) is 14.9 Å². The number of anilines is 1. The Balaban J connectivity index is 2.22. The number of methoxy groups -OCH3 is 1. The minimum absolute atomic E-state index is 0.0297. The Hall–Kier alpha value is -1.94. The summed E-state index contributed by atoms with van der Waals surface area (Å²) >= 11 is 0. The minimum atomic E-state index is 0.0297. The first-order valence-corrected chi connectivity index (χ1v) is 6.29. The molecule has 0 aliphatic carbocycles. The van der Waals surface area contributed by atoms with Gasteiger partial charge < -0.3 is 19.8 Å². The van der Waals surface area contributed by atoms with Gasteiger partial charge in [-0.1, -0.05) is 0 Å². The van der Waals surface area contributed by atoms with Crippen LogP contribution in [-0.2, 0) is 0 Å². The van der Waals surface area contributed by atoms with Crippen molar-refractivity contribution in [3.05, 3.63) is 47.9 Å². The Morgan fingerprint density at radius 3 is 2.37 bits per heavy atom. The van der Waals surface area contributed by atoms with Crippen LogP contribution in [0.3, 0.4) is 0 Å². The summed E-state index contributed by atoms with van der Waals surface area (Å²) in [6.45, 7) is 2.43. The highest BCUT2D eigenvalue weighted by molar-refractivity contribution is 5.50. The minimum Gasteiger partial charge on any atom is -0.497 e. The van der Waals surface area contributed by atoms with Gasteiger partial charge in [0.05, 0.1) is 13.2 Å². The summed E-state index contributed by atoms with van der Waals surface area (Å²) < 4.78 is 10.8. The summed E-state index contributed by atoms with van der Waals surface area (Å²) in [6, 6.07) is 11.9. The average molecular weight is 260 g/mol. The van der Waals surface area contributed by atoms with E-state index >= 15 is 0 Å². The zero-order valence-corrected chi connectivity index (χ0v) is 11.6. The summed E-state index contributed by atoms with van der Waals surface area (Å²) in [5.74, 6) is 2.63. The molecule has 2 N–H and O–H groups in total. The van der Waals surface area contributed by atoms with Crippen molar-refractivity contribution >= 4 is 5.69 Å². The molecule has 0 bridgehead atoms. The van der Waals surface area contributed by atoms with Gasteiger partial charge in [0.15, 0.2) is 0 Å². The molecule has 1 unspecified atom stereocenters. The fourth-order valence-electron chi connectivity index (χ4n) is 2.09. The first-order valence-electron chi connectivity index (χ1n) is 6.29. The lowest BCUT2D eigenvalue weighted by Crippen LogP contribution is -2.30. The number of furan rings is 1. The van der Waals surface area contributed by atoms with Crippen LogP contribution in [0.2, 0.25) is 0 Å². The fraction of sp³-hybridized carbons (Fsp3) is 0.333. The van der Waals surface area contributed by atoms with Crippen molar-refractivity contribution in [3.8, 4) is 5.75 Å². The Morgan fingerprint density at radius 2 is 1.89 bits per heavy atom. The number of rotatable bonds is 5. The summed E-state index contributed by atoms with van der Waals surface area (Å²) in [4.78, 5) is 2.11. The van der Waals surface area contributed by atoms with E-state index in [0.29, 0.717) is 6.54 Å². The molecule has 0 saturated heterocycles. The summed E-state index contributed by atoms with van der Waals surface area (Å²) in [5.41, 5.74) is 6.96. The molecule has 0 saturated carbocycles. The van der Waals surface area contributed by atoms with Gasteiger partial charge in [-0.25, -0.2) is 0 Å². The van der Waals surface area contributed by atoms with Crippen LogP contribution < -0.4 is 15.4 Å². The monoisotopic (exact) mass is 260 g/mol. The molecule has 102 valence electrons. The highest BCUT2D eigenvalue weighted by Crippen LogP contribution is 2.27. The standard InChI is InChI=1S/C15H20N2O2/c1-11-4-9-15(19-11)14(10-16)17(2)12-5-7-13(18-3)8-6-12/h4-9,14H,10,16H2,1-3H3. The predicted octanol–water partition coefficient (Wildman–Crippen LogP) is 2.73. The molecular formula is C15H20N2O2. The van der Waals surface area contributed by atoms with Gasteiger partial charge >= 0.3 is 0 Å². The van der Waals surface area contributed by atoms with Crippen LogP contribution in [0, 0.1) is 6.92 Å². The molecule has 4 heteroatoms. The second kappa shape index (κ2) is 5.80. The predicted molar refractivity (Wildman–Crippen MR) is 76.6 cm³/mol. The van der Waals surface area contributed by atoms with E-state index in [0.717, 1.165) is 23.0 Å². The quantitative estimate of drug-likeness (QED) is 0.898. The lowest BCUT2D eigenvalue weighted by atomic mass is 10.1. The molecule has 1 atom stereocenters. The van der Waals surface area contributed by atoms with Gasteiger partial charge in [-0.2, -0.15) is 0 Å². The SMILES string of the molecule is COc1ccc(N(C)C(CN)c2ccc(C)o2)cc1. The summed E-state index contributed by atoms with van der Waals surface area (Å²) in [5, 5.41) is 0. The fourth-order valence-corrected chi connectivity index (χ4v) is 2.09. The van der Waals surface area contributed by atoms with E-state index < -0.39 is 0 Å². The number of nitrogens with zero attached hydrogens (tertiary/aromatic N) is 1. The van der Waals surface area contributed by atoms with E-state index in [1.54, 1.807) is 7.11 Å². The molecule has 0 amide bonds. The first kappa shape index (κ1) is 13.5. The maximum atomic E-state index is 5.88. The maximum absolute atomic E-state index is 5.88. The van der Waals surface area contributed by atoms with Gasteiger partial charge in [-0.05, 0) is 43.3 Å². The smallest absolute Gasteiger partial charge is 0.127 e. The van der Waals surface area contributed by atoms with Crippen molar-refractivity contribution in [1.82, 2.24) is 0 Å². The number of ether oxygens (including phenoxy) is 1. The Kier molecular flexibility index (Phi) is 4.12. The third kappa shape index (κ3) is 2.90. The molecule has 4 nitrogen and oxygen atoms in total. The Morgan fingerprint density at radius 1 is 1.21 bits per heavy atom. The second-order valence-corrected chi connectivity index (χ2v) is 4.51. The zero-order valence-electron chi connectivity index (χ0n) is 11.6. The summed E-state index contributed by atoms with van der Waals surface area (Å²) in [7, 11) is 3.67. The summed E-state index contributed by atoms with van der Waals surface area (Å²) in [6.07, 6.45) is 0. The lowest BCUT2D eigenvalue weighted by molar-refractivity contribution is 0.414. The van der Waals surface area contributed by atoms with Crippen LogP contribution in [0.1, 0.15) is 17.6 Å². The van der Waals surface area contributed by atoms with Gasteiger partial charge in [0.1, 0.15) is 17.3 Å². The molecule has 2 rings (SSSR count). The van der Waals surface area contributed by atoms with Crippen molar-refractivity contribution < 1.29 is 9.15 Å². The van der Waals surface area contributed by atoms with Crippen molar-refractivity contribution in [1.29, 1.82) is 0 Å². The van der Waals surface area contributed by atoms with Crippen LogP contribution in [0.15, 0.2) is 40.8 Å². The molecule has 0 fully saturated rings. The van der Waals surface area contributed by atoms with Crippen LogP contribution in [0.5, 0.6) is 5.75 Å². The Labute approximate surface area is 113 Å². The number of hydrogen-bond acceptors (Lipinski definition) is 4. The highest BCUT2D eigenvalue weighted by Gasteiger charge is 2.19. The van der Waals surface area contributed by atoms with Crippen LogP contribution in [0.25, 0.3) is 0 Å². The molecule has 1 aromatic carbocycles. The number of nitrogens with two attached hydrogens (primary N) is 1. The molecule has 0 spiro atoms. The first-order chi connectivity index (χ1) is 9.15. The number of aryl methyl sites for hydroxylation is 1. The van der Waals surface area contributed by atoms with Crippen molar-refractivity contribution in [2.75, 3.05) is 25.6 Å². The lowest BCUT2D eigenvalue weighted by Gasteiger charge is -2.27. The molecule has 1 heterocycles. The number of hydrogen-bond donors (Lipinski definition) is 1. The molecule has 0 radical (unpaired) electrons. The molecular weight excluding hydrogens is 240 g/mol. The number of benzene rings is 1. The highest BCUT2D eigenvalue weighted by atomic mass is 16.5. The van der Waals surface area contributed by atoms with E-state index in [1.165, 1.54) is 0 Å². The van der Waals surface area contributed by atoms with E-state index in [9.17, 15) is 0 Å². The maximum Gasteiger partial charge on any atom is 0.127 e. The van der Waals surface area contributed by atoms with Gasteiger partial charge in [-0.3, -0.25) is 0 Å². The molecule has 2 aromatic rings. The Bertz CT molecular complexity index is 519. The van der Waals surface area contributed by atoms with Gasteiger partial charge in [0.2, 0.25) is 0 Å². The largest absolute Gasteiger partial charge is 0.497 e. The molecule has 1 aromatic heterocycles. The zero-order chi connectivity index (χ0) is 13.8. The third-order valence-electron chi connectivity index (χ3n) is 3.26. The van der Waals surface area contributed by atoms with Gasteiger partial charge in [0, 0.05) is 19.3 Å². The molecule has 0 aliphatic heterocycles. The number of likely N-dealkylation sites (N-methyl/N-ethyl adjacent to an activating group) is 1. The van der Waals surface area contributed by atoms with Crippen molar-refractivity contribution in [3.63, 3.8) is 0 Å². The van der Waals surface area contributed by atoms with E-state index in [1.807, 2.05) is 50.4 Å². The van der Waals surface area contributed by atoms with E-state index in [-0.39, 0.29) is 6.04 Å². The molecule has 0 aliphatic rings.